The summed E-state index contributed by atoms with van der Waals surface area (Å²) >= 11 is 6.70. The molecule has 0 radical (unpaired) electrons. The van der Waals surface area contributed by atoms with Crippen LogP contribution < -0.4 is 4.90 Å². The number of halogens is 4. The number of fused-ring (bicyclic) bond motifs is 1. The van der Waals surface area contributed by atoms with E-state index in [1.165, 1.54) is 12.8 Å². The molecular weight excluding hydrogens is 415 g/mol. The zero-order valence-electron chi connectivity index (χ0n) is 16.9. The van der Waals surface area contributed by atoms with E-state index in [0.717, 1.165) is 50.0 Å². The number of nitrogens with zero attached hydrogens (tertiary/aromatic N) is 5. The number of rotatable bonds is 4. The van der Waals surface area contributed by atoms with Gasteiger partial charge in [0.05, 0.1) is 11.6 Å². The zero-order valence-corrected chi connectivity index (χ0v) is 17.7. The summed E-state index contributed by atoms with van der Waals surface area (Å²) in [6.45, 7) is 3.33. The molecule has 2 aromatic rings. The summed E-state index contributed by atoms with van der Waals surface area (Å²) in [6.07, 6.45) is 3.25. The Balaban J connectivity index is 1.21. The van der Waals surface area contributed by atoms with Crippen molar-refractivity contribution < 1.29 is 13.2 Å². The second-order valence-corrected chi connectivity index (χ2v) is 9.42. The lowest BCUT2D eigenvalue weighted by atomic mass is 9.84. The molecule has 3 fully saturated rings. The quantitative estimate of drug-likeness (QED) is 0.696. The van der Waals surface area contributed by atoms with Crippen LogP contribution in [-0.4, -0.2) is 57.9 Å². The Bertz CT molecular complexity index is 894. The molecule has 3 heterocycles. The molecule has 2 aliphatic carbocycles. The van der Waals surface area contributed by atoms with Gasteiger partial charge in [0.25, 0.3) is 0 Å². The van der Waals surface area contributed by atoms with E-state index >= 15 is 0 Å². The van der Waals surface area contributed by atoms with Crippen LogP contribution in [0.4, 0.5) is 18.9 Å². The molecule has 5 nitrogen and oxygen atoms in total. The third-order valence-corrected chi connectivity index (χ3v) is 7.43. The van der Waals surface area contributed by atoms with Crippen molar-refractivity contribution >= 4 is 22.9 Å². The van der Waals surface area contributed by atoms with Crippen LogP contribution in [0.15, 0.2) is 12.3 Å². The number of hydrogen-bond donors (Lipinski definition) is 0. The van der Waals surface area contributed by atoms with Crippen LogP contribution in [-0.2, 0) is 6.42 Å². The van der Waals surface area contributed by atoms with Gasteiger partial charge in [-0.15, -0.1) is 10.2 Å². The van der Waals surface area contributed by atoms with E-state index < -0.39 is 12.1 Å². The molecule has 0 N–H and O–H groups in total. The summed E-state index contributed by atoms with van der Waals surface area (Å²) in [5, 5.41) is 9.29. The molecule has 164 valence electrons. The van der Waals surface area contributed by atoms with Gasteiger partial charge < -0.3 is 4.90 Å². The molecule has 0 aromatic carbocycles. The van der Waals surface area contributed by atoms with Gasteiger partial charge in [-0.3, -0.25) is 9.30 Å². The Morgan fingerprint density at radius 2 is 1.67 bits per heavy atom. The molecule has 3 aliphatic rings. The largest absolute Gasteiger partial charge is 0.391 e. The van der Waals surface area contributed by atoms with Crippen molar-refractivity contribution in [1.29, 1.82) is 0 Å². The summed E-state index contributed by atoms with van der Waals surface area (Å²) < 4.78 is 40.8. The number of anilines is 1. The van der Waals surface area contributed by atoms with E-state index in [1.54, 1.807) is 0 Å². The lowest BCUT2D eigenvalue weighted by Gasteiger charge is -2.43. The Kier molecular flexibility index (Phi) is 5.34. The number of piperazine rings is 1. The van der Waals surface area contributed by atoms with Gasteiger partial charge in [0, 0.05) is 44.8 Å². The maximum absolute atomic E-state index is 12.9. The molecule has 1 saturated heterocycles. The summed E-state index contributed by atoms with van der Waals surface area (Å²) in [7, 11) is 0. The molecule has 2 aromatic heterocycles. The smallest absolute Gasteiger partial charge is 0.368 e. The van der Waals surface area contributed by atoms with Crippen molar-refractivity contribution in [3.05, 3.63) is 23.1 Å². The minimum atomic E-state index is -4.04. The third-order valence-electron chi connectivity index (χ3n) is 7.07. The summed E-state index contributed by atoms with van der Waals surface area (Å²) in [5.41, 5.74) is 1.67. The third kappa shape index (κ3) is 4.00. The van der Waals surface area contributed by atoms with Crippen LogP contribution in [0.5, 0.6) is 0 Å². The van der Waals surface area contributed by atoms with Crippen molar-refractivity contribution in [2.45, 2.75) is 57.2 Å². The van der Waals surface area contributed by atoms with Crippen molar-refractivity contribution in [3.8, 4) is 0 Å². The molecule has 0 bridgehead atoms. The van der Waals surface area contributed by atoms with Crippen molar-refractivity contribution in [1.82, 2.24) is 19.5 Å². The Morgan fingerprint density at radius 1 is 0.967 bits per heavy atom. The fourth-order valence-corrected chi connectivity index (χ4v) is 5.33. The van der Waals surface area contributed by atoms with Crippen LogP contribution in [0, 0.1) is 11.8 Å². The fourth-order valence-electron chi connectivity index (χ4n) is 5.02. The van der Waals surface area contributed by atoms with Gasteiger partial charge in [-0.05, 0) is 50.5 Å². The highest BCUT2D eigenvalue weighted by atomic mass is 35.5. The lowest BCUT2D eigenvalue weighted by molar-refractivity contribution is -0.184. The number of alkyl halides is 3. The second kappa shape index (κ2) is 7.86. The van der Waals surface area contributed by atoms with Crippen molar-refractivity contribution in [2.24, 2.45) is 11.8 Å². The highest BCUT2D eigenvalue weighted by molar-refractivity contribution is 6.36. The van der Waals surface area contributed by atoms with Crippen LogP contribution in [0.2, 0.25) is 5.02 Å². The van der Waals surface area contributed by atoms with Gasteiger partial charge in [0.2, 0.25) is 0 Å². The minimum absolute atomic E-state index is 0.257. The SMILES string of the molecule is FC(F)(F)C1CCC(N2CCN(c3ccn4c(CC5CC5)nnc4c3Cl)CC2)CC1. The number of aromatic nitrogens is 3. The van der Waals surface area contributed by atoms with E-state index in [9.17, 15) is 13.2 Å². The molecule has 5 rings (SSSR count). The Hall–Kier alpha value is -1.54. The summed E-state index contributed by atoms with van der Waals surface area (Å²) in [4.78, 5) is 4.62. The van der Waals surface area contributed by atoms with Gasteiger partial charge in [0.1, 0.15) is 10.8 Å². The fraction of sp³-hybridized carbons (Fsp3) is 0.714. The van der Waals surface area contributed by atoms with Gasteiger partial charge in [-0.25, -0.2) is 0 Å². The maximum Gasteiger partial charge on any atom is 0.391 e. The number of pyridine rings is 1. The van der Waals surface area contributed by atoms with Gasteiger partial charge in [-0.2, -0.15) is 13.2 Å². The standard InChI is InChI=1S/C21H27ClF3N5/c22-19-17(7-8-30-18(13-14-1-2-14)26-27-20(19)30)29-11-9-28(10-12-29)16-5-3-15(4-6-16)21(23,24)25/h7-8,14-16H,1-6,9-13H2. The molecule has 1 aliphatic heterocycles. The van der Waals surface area contributed by atoms with Crippen LogP contribution >= 0.6 is 11.6 Å². The first-order valence-corrected chi connectivity index (χ1v) is 11.4. The summed E-state index contributed by atoms with van der Waals surface area (Å²) in [5.74, 6) is 0.587. The number of hydrogen-bond acceptors (Lipinski definition) is 4. The topological polar surface area (TPSA) is 36.7 Å². The highest BCUT2D eigenvalue weighted by Gasteiger charge is 2.42. The van der Waals surface area contributed by atoms with E-state index in [4.69, 9.17) is 11.6 Å². The maximum atomic E-state index is 12.9. The van der Waals surface area contributed by atoms with E-state index in [-0.39, 0.29) is 18.9 Å². The monoisotopic (exact) mass is 441 g/mol. The molecule has 0 atom stereocenters. The molecule has 0 unspecified atom stereocenters. The van der Waals surface area contributed by atoms with E-state index in [2.05, 4.69) is 20.0 Å². The van der Waals surface area contributed by atoms with Gasteiger partial charge in [0.15, 0.2) is 5.65 Å². The molecule has 2 saturated carbocycles. The molecule has 0 spiro atoms. The highest BCUT2D eigenvalue weighted by Crippen LogP contribution is 2.39. The zero-order chi connectivity index (χ0) is 20.9. The second-order valence-electron chi connectivity index (χ2n) is 9.04. The van der Waals surface area contributed by atoms with Crippen LogP contribution in [0.3, 0.4) is 0 Å². The minimum Gasteiger partial charge on any atom is -0.368 e. The Labute approximate surface area is 179 Å². The van der Waals surface area contributed by atoms with Crippen LogP contribution in [0.25, 0.3) is 5.65 Å². The average Bonchev–Trinajstić information content (AvgIpc) is 3.46. The van der Waals surface area contributed by atoms with Crippen molar-refractivity contribution in [2.75, 3.05) is 31.1 Å². The Morgan fingerprint density at radius 3 is 2.30 bits per heavy atom. The molecule has 9 heteroatoms. The van der Waals surface area contributed by atoms with Crippen molar-refractivity contribution in [3.63, 3.8) is 0 Å². The average molecular weight is 442 g/mol. The lowest BCUT2D eigenvalue weighted by Crippen LogP contribution is -2.51. The van der Waals surface area contributed by atoms with Gasteiger partial charge >= 0.3 is 6.18 Å². The van der Waals surface area contributed by atoms with E-state index in [1.807, 2.05) is 16.7 Å². The molecular formula is C21H27ClF3N5. The predicted octanol–water partition coefficient (Wildman–Crippen LogP) is 4.58. The first-order chi connectivity index (χ1) is 14.4. The van der Waals surface area contributed by atoms with Gasteiger partial charge in [-0.1, -0.05) is 11.6 Å². The molecule has 30 heavy (non-hydrogen) atoms. The first-order valence-electron chi connectivity index (χ1n) is 11.0. The van der Waals surface area contributed by atoms with Crippen LogP contribution in [0.1, 0.15) is 44.3 Å². The predicted molar refractivity (Wildman–Crippen MR) is 110 cm³/mol. The summed E-state index contributed by atoms with van der Waals surface area (Å²) in [6, 6.07) is 2.31. The first kappa shape index (κ1) is 20.4. The normalized spacial score (nSPS) is 26.5. The molecule has 0 amide bonds. The van der Waals surface area contributed by atoms with E-state index in [0.29, 0.717) is 23.5 Å².